The predicted octanol–water partition coefficient (Wildman–Crippen LogP) is 2.23. The average Bonchev–Trinajstić information content (AvgIpc) is 2.78. The maximum atomic E-state index is 12.1. The minimum Gasteiger partial charge on any atom is -0.462 e. The number of nitrogens with zero attached hydrogens (tertiary/aromatic N) is 1. The number of primary amides is 1. The fraction of sp³-hybridized carbons (Fsp3) is 0.571. The van der Waals surface area contributed by atoms with Crippen molar-refractivity contribution >= 4 is 33.9 Å². The van der Waals surface area contributed by atoms with Crippen molar-refractivity contribution < 1.29 is 14.3 Å². The Morgan fingerprint density at radius 2 is 1.95 bits per heavy atom. The molecule has 1 heterocycles. The Hall–Kier alpha value is -1.76. The summed E-state index contributed by atoms with van der Waals surface area (Å²) in [5, 5.41) is 0.663. The zero-order valence-electron chi connectivity index (χ0n) is 12.8. The Kier molecular flexibility index (Phi) is 6.48. The van der Waals surface area contributed by atoms with Crippen molar-refractivity contribution in [1.29, 1.82) is 0 Å². The zero-order chi connectivity index (χ0) is 16.0. The third-order valence-electron chi connectivity index (χ3n) is 3.08. The number of carbonyl (C=O) groups excluding carboxylic acids is 2. The van der Waals surface area contributed by atoms with Gasteiger partial charge in [0.25, 0.3) is 5.91 Å². The first-order valence-corrected chi connectivity index (χ1v) is 7.93. The number of esters is 1. The molecule has 7 heteroatoms. The molecule has 0 unspecified atom stereocenters. The molecule has 0 aliphatic carbocycles. The van der Waals surface area contributed by atoms with Gasteiger partial charge in [-0.25, -0.2) is 4.79 Å². The Morgan fingerprint density at radius 1 is 1.29 bits per heavy atom. The Balaban J connectivity index is 3.30. The van der Waals surface area contributed by atoms with Gasteiger partial charge in [0.1, 0.15) is 15.4 Å². The second kappa shape index (κ2) is 7.87. The lowest BCUT2D eigenvalue weighted by Gasteiger charge is -2.22. The molecular formula is C14H23N3O3S. The second-order valence-electron chi connectivity index (χ2n) is 4.54. The molecule has 1 amide bonds. The first kappa shape index (κ1) is 17.3. The van der Waals surface area contributed by atoms with Crippen LogP contribution in [-0.4, -0.2) is 31.6 Å². The van der Waals surface area contributed by atoms with E-state index in [9.17, 15) is 9.59 Å². The Bertz CT molecular complexity index is 514. The van der Waals surface area contributed by atoms with Gasteiger partial charge in [0.05, 0.1) is 12.3 Å². The summed E-state index contributed by atoms with van der Waals surface area (Å²) in [5.74, 6) is -1.13. The molecule has 0 saturated heterocycles. The van der Waals surface area contributed by atoms with Crippen molar-refractivity contribution in [3.63, 3.8) is 0 Å². The maximum absolute atomic E-state index is 12.1. The van der Waals surface area contributed by atoms with Gasteiger partial charge in [-0.2, -0.15) is 0 Å². The van der Waals surface area contributed by atoms with E-state index in [0.29, 0.717) is 11.5 Å². The van der Waals surface area contributed by atoms with Crippen LogP contribution in [0.4, 0.5) is 10.7 Å². The predicted molar refractivity (Wildman–Crippen MR) is 86.0 cm³/mol. The topological polar surface area (TPSA) is 98.6 Å². The third-order valence-corrected chi connectivity index (χ3v) is 4.36. The smallest absolute Gasteiger partial charge is 0.343 e. The number of carbonyl (C=O) groups is 2. The van der Waals surface area contributed by atoms with Crippen LogP contribution in [0.3, 0.4) is 0 Å². The van der Waals surface area contributed by atoms with Gasteiger partial charge in [-0.1, -0.05) is 13.3 Å². The zero-order valence-corrected chi connectivity index (χ0v) is 13.6. The van der Waals surface area contributed by atoms with Gasteiger partial charge in [0, 0.05) is 13.1 Å². The SMILES string of the molecule is CCCCN(CC)c1sc(C(N)=O)c(N)c1C(=O)OCC. The number of ether oxygens (including phenoxy) is 1. The summed E-state index contributed by atoms with van der Waals surface area (Å²) in [5.41, 5.74) is 11.7. The number of amides is 1. The second-order valence-corrected chi connectivity index (χ2v) is 5.54. The minimum absolute atomic E-state index is 0.121. The molecule has 0 bridgehead atoms. The molecule has 0 aliphatic heterocycles. The van der Waals surface area contributed by atoms with Crippen molar-refractivity contribution in [2.75, 3.05) is 30.3 Å². The average molecular weight is 313 g/mol. The van der Waals surface area contributed by atoms with Crippen LogP contribution in [0.2, 0.25) is 0 Å². The molecule has 4 N–H and O–H groups in total. The molecule has 1 aromatic rings. The molecule has 1 aromatic heterocycles. The van der Waals surface area contributed by atoms with E-state index in [0.717, 1.165) is 30.7 Å². The van der Waals surface area contributed by atoms with Crippen molar-refractivity contribution in [2.24, 2.45) is 5.73 Å². The number of nitrogens with two attached hydrogens (primary N) is 2. The van der Waals surface area contributed by atoms with E-state index in [4.69, 9.17) is 16.2 Å². The van der Waals surface area contributed by atoms with Crippen LogP contribution in [0.25, 0.3) is 0 Å². The highest BCUT2D eigenvalue weighted by atomic mass is 32.1. The van der Waals surface area contributed by atoms with E-state index in [-0.39, 0.29) is 22.7 Å². The summed E-state index contributed by atoms with van der Waals surface area (Å²) in [6.07, 6.45) is 2.02. The summed E-state index contributed by atoms with van der Waals surface area (Å²) in [7, 11) is 0. The van der Waals surface area contributed by atoms with E-state index in [2.05, 4.69) is 6.92 Å². The largest absolute Gasteiger partial charge is 0.462 e. The van der Waals surface area contributed by atoms with E-state index in [1.807, 2.05) is 11.8 Å². The quantitative estimate of drug-likeness (QED) is 0.717. The maximum Gasteiger partial charge on any atom is 0.343 e. The van der Waals surface area contributed by atoms with Crippen LogP contribution < -0.4 is 16.4 Å². The van der Waals surface area contributed by atoms with Crippen molar-refractivity contribution in [3.8, 4) is 0 Å². The summed E-state index contributed by atoms with van der Waals surface area (Å²) >= 11 is 1.16. The number of thiophene rings is 1. The number of anilines is 2. The molecular weight excluding hydrogens is 290 g/mol. The number of hydrogen-bond donors (Lipinski definition) is 2. The molecule has 6 nitrogen and oxygen atoms in total. The fourth-order valence-corrected chi connectivity index (χ4v) is 3.14. The monoisotopic (exact) mass is 313 g/mol. The first-order chi connectivity index (χ1) is 9.97. The molecule has 118 valence electrons. The lowest BCUT2D eigenvalue weighted by atomic mass is 10.2. The third kappa shape index (κ3) is 3.87. The molecule has 21 heavy (non-hydrogen) atoms. The van der Waals surface area contributed by atoms with Crippen molar-refractivity contribution in [2.45, 2.75) is 33.6 Å². The van der Waals surface area contributed by atoms with E-state index in [1.165, 1.54) is 0 Å². The normalized spacial score (nSPS) is 10.4. The first-order valence-electron chi connectivity index (χ1n) is 7.11. The van der Waals surface area contributed by atoms with Gasteiger partial charge in [-0.15, -0.1) is 11.3 Å². The van der Waals surface area contributed by atoms with E-state index in [1.54, 1.807) is 6.92 Å². The number of nitrogen functional groups attached to an aromatic ring is 1. The van der Waals surface area contributed by atoms with Gasteiger partial charge in [0.15, 0.2) is 0 Å². The van der Waals surface area contributed by atoms with Crippen LogP contribution in [-0.2, 0) is 4.74 Å². The van der Waals surface area contributed by atoms with Crippen LogP contribution in [0.1, 0.15) is 53.6 Å². The number of unbranched alkanes of at least 4 members (excludes halogenated alkanes) is 1. The molecule has 0 spiro atoms. The molecule has 0 radical (unpaired) electrons. The van der Waals surface area contributed by atoms with Gasteiger partial charge in [0.2, 0.25) is 0 Å². The lowest BCUT2D eigenvalue weighted by Crippen LogP contribution is -2.25. The van der Waals surface area contributed by atoms with Gasteiger partial charge in [-0.05, 0) is 20.3 Å². The lowest BCUT2D eigenvalue weighted by molar-refractivity contribution is 0.0529. The Labute approximate surface area is 129 Å². The highest BCUT2D eigenvalue weighted by Crippen LogP contribution is 2.38. The van der Waals surface area contributed by atoms with Crippen molar-refractivity contribution in [3.05, 3.63) is 10.4 Å². The molecule has 0 aromatic carbocycles. The van der Waals surface area contributed by atoms with Crippen molar-refractivity contribution in [1.82, 2.24) is 0 Å². The molecule has 0 atom stereocenters. The molecule has 1 rings (SSSR count). The van der Waals surface area contributed by atoms with Crippen LogP contribution in [0.5, 0.6) is 0 Å². The number of rotatable bonds is 8. The summed E-state index contributed by atoms with van der Waals surface area (Å²) < 4.78 is 5.05. The summed E-state index contributed by atoms with van der Waals surface area (Å²) in [6, 6.07) is 0. The minimum atomic E-state index is -0.624. The highest BCUT2D eigenvalue weighted by molar-refractivity contribution is 7.19. The van der Waals surface area contributed by atoms with Crippen LogP contribution >= 0.6 is 11.3 Å². The van der Waals surface area contributed by atoms with Crippen LogP contribution in [0, 0.1) is 0 Å². The highest BCUT2D eigenvalue weighted by Gasteiger charge is 2.27. The molecule has 0 saturated carbocycles. The number of hydrogen-bond acceptors (Lipinski definition) is 6. The standard InChI is InChI=1S/C14H23N3O3S/c1-4-7-8-17(5-2)13-9(14(19)20-6-3)10(15)11(21-13)12(16)18/h4-8,15H2,1-3H3,(H2,16,18). The van der Waals surface area contributed by atoms with Gasteiger partial charge in [-0.3, -0.25) is 4.79 Å². The summed E-state index contributed by atoms with van der Waals surface area (Å²) in [6.45, 7) is 7.56. The van der Waals surface area contributed by atoms with E-state index >= 15 is 0 Å². The van der Waals surface area contributed by atoms with Gasteiger partial charge >= 0.3 is 5.97 Å². The van der Waals surface area contributed by atoms with Crippen LogP contribution in [0.15, 0.2) is 0 Å². The molecule has 0 fully saturated rings. The fourth-order valence-electron chi connectivity index (χ4n) is 1.99. The Morgan fingerprint density at radius 3 is 2.43 bits per heavy atom. The van der Waals surface area contributed by atoms with Gasteiger partial charge < -0.3 is 21.1 Å². The summed E-state index contributed by atoms with van der Waals surface area (Å²) in [4.78, 5) is 25.9. The van der Waals surface area contributed by atoms with E-state index < -0.39 is 11.9 Å². The molecule has 0 aliphatic rings.